The maximum atomic E-state index is 12.1. The zero-order chi connectivity index (χ0) is 24.0. The summed E-state index contributed by atoms with van der Waals surface area (Å²) >= 11 is 0. The fourth-order valence-electron chi connectivity index (χ4n) is 4.55. The summed E-state index contributed by atoms with van der Waals surface area (Å²) in [6.07, 6.45) is 4.70. The van der Waals surface area contributed by atoms with Gasteiger partial charge in [-0.25, -0.2) is 18.5 Å². The van der Waals surface area contributed by atoms with Crippen LogP contribution in [0.15, 0.2) is 11.1 Å². The van der Waals surface area contributed by atoms with E-state index in [1.54, 1.807) is 11.9 Å². The minimum atomic E-state index is -3.89. The molecule has 1 aliphatic heterocycles. The van der Waals surface area contributed by atoms with Gasteiger partial charge in [-0.15, -0.1) is 0 Å². The summed E-state index contributed by atoms with van der Waals surface area (Å²) in [6.45, 7) is 6.34. The Kier molecular flexibility index (Phi) is 6.08. The second kappa shape index (κ2) is 8.56. The molecule has 0 unspecified atom stereocenters. The molecule has 3 N–H and O–H groups in total. The van der Waals surface area contributed by atoms with E-state index in [-0.39, 0.29) is 22.8 Å². The summed E-state index contributed by atoms with van der Waals surface area (Å²) in [4.78, 5) is 25.7. The highest BCUT2D eigenvalue weighted by Crippen LogP contribution is 2.39. The molecule has 0 saturated carbocycles. The molecule has 1 amide bonds. The van der Waals surface area contributed by atoms with Crippen molar-refractivity contribution >= 4 is 27.7 Å². The van der Waals surface area contributed by atoms with Gasteiger partial charge in [-0.05, 0) is 19.3 Å². The van der Waals surface area contributed by atoms with E-state index >= 15 is 0 Å². The Bertz CT molecular complexity index is 1170. The number of hydrogen-bond acceptors (Lipinski definition) is 8. The molecule has 2 aromatic rings. The summed E-state index contributed by atoms with van der Waals surface area (Å²) in [5.74, 6) is 1.37. The van der Waals surface area contributed by atoms with Crippen LogP contribution in [0.25, 0.3) is 0 Å². The van der Waals surface area contributed by atoms with E-state index in [2.05, 4.69) is 24.3 Å². The lowest BCUT2D eigenvalue weighted by molar-refractivity contribution is -0.129. The molecule has 0 bridgehead atoms. The van der Waals surface area contributed by atoms with Gasteiger partial charge >= 0.3 is 0 Å². The van der Waals surface area contributed by atoms with Gasteiger partial charge in [0.15, 0.2) is 0 Å². The highest BCUT2D eigenvalue weighted by molar-refractivity contribution is 7.89. The van der Waals surface area contributed by atoms with Gasteiger partial charge in [0.1, 0.15) is 16.4 Å². The number of amides is 1. The van der Waals surface area contributed by atoms with Crippen molar-refractivity contribution in [3.8, 4) is 0 Å². The van der Waals surface area contributed by atoms with Crippen molar-refractivity contribution in [3.63, 3.8) is 0 Å². The van der Waals surface area contributed by atoms with E-state index in [1.807, 2.05) is 11.9 Å². The summed E-state index contributed by atoms with van der Waals surface area (Å²) in [7, 11) is -0.427. The smallest absolute Gasteiger partial charge is 0.241 e. The molecule has 0 atom stereocenters. The average molecular weight is 477 g/mol. The first-order valence-corrected chi connectivity index (χ1v) is 12.7. The number of nitrogens with one attached hydrogen (secondary N) is 1. The number of carbonyl (C=O) groups is 1. The first-order valence-electron chi connectivity index (χ1n) is 11.2. The largest absolute Gasteiger partial charge is 0.364 e. The molecule has 2 aromatic heterocycles. The lowest BCUT2D eigenvalue weighted by Gasteiger charge is -2.33. The third-order valence-electron chi connectivity index (χ3n) is 6.47. The lowest BCUT2D eigenvalue weighted by atomic mass is 9.76. The third-order valence-corrected chi connectivity index (χ3v) is 7.43. The number of fused-ring (bicyclic) bond motifs is 1. The molecule has 4 rings (SSSR count). The molecule has 12 heteroatoms. The maximum Gasteiger partial charge on any atom is 0.241 e. The number of sulfonamides is 1. The van der Waals surface area contributed by atoms with Crippen molar-refractivity contribution in [3.05, 3.63) is 23.1 Å². The van der Waals surface area contributed by atoms with E-state index in [4.69, 9.17) is 15.1 Å². The Labute approximate surface area is 194 Å². The zero-order valence-electron chi connectivity index (χ0n) is 19.6. The molecule has 33 heavy (non-hydrogen) atoms. The average Bonchev–Trinajstić information content (AvgIpc) is 3.04. The van der Waals surface area contributed by atoms with E-state index < -0.39 is 10.0 Å². The molecule has 3 heterocycles. The van der Waals surface area contributed by atoms with Crippen LogP contribution in [0.4, 0.5) is 11.8 Å². The van der Waals surface area contributed by atoms with Gasteiger partial charge in [0.25, 0.3) is 0 Å². The molecule has 2 aliphatic rings. The number of primary sulfonamides is 1. The van der Waals surface area contributed by atoms with Gasteiger partial charge in [-0.2, -0.15) is 10.1 Å². The van der Waals surface area contributed by atoms with Gasteiger partial charge in [-0.3, -0.25) is 9.48 Å². The van der Waals surface area contributed by atoms with E-state index in [0.29, 0.717) is 43.5 Å². The highest BCUT2D eigenvalue weighted by Gasteiger charge is 2.33. The molecule has 1 saturated heterocycles. The van der Waals surface area contributed by atoms with Crippen LogP contribution in [0.5, 0.6) is 0 Å². The monoisotopic (exact) mass is 476 g/mol. The standard InChI is InChI=1S/C21H32N8O3S/c1-21(2)8-5-6-14-18(21)24-20(29-9-7-17(30)27(3)10-11-29)25-19(14)23-12-15-16(33(22,31)32)13-28(4)26-15/h13H,5-12H2,1-4H3,(H2,22,31,32)(H,23,24,25). The number of aromatic nitrogens is 4. The third kappa shape index (κ3) is 4.81. The Hall–Kier alpha value is -2.73. The minimum absolute atomic E-state index is 0.00459. The van der Waals surface area contributed by atoms with Crippen LogP contribution in [-0.4, -0.2) is 65.7 Å². The molecular formula is C21H32N8O3S. The Morgan fingerprint density at radius 2 is 1.91 bits per heavy atom. The van der Waals surface area contributed by atoms with E-state index in [9.17, 15) is 13.2 Å². The van der Waals surface area contributed by atoms with Crippen molar-refractivity contribution in [2.75, 3.05) is 36.9 Å². The molecule has 0 spiro atoms. The van der Waals surface area contributed by atoms with Crippen LogP contribution in [-0.2, 0) is 40.2 Å². The Morgan fingerprint density at radius 1 is 1.15 bits per heavy atom. The van der Waals surface area contributed by atoms with Crippen molar-refractivity contribution < 1.29 is 13.2 Å². The van der Waals surface area contributed by atoms with Crippen molar-refractivity contribution in [2.24, 2.45) is 12.2 Å². The summed E-state index contributed by atoms with van der Waals surface area (Å²) in [6, 6.07) is 0. The van der Waals surface area contributed by atoms with E-state index in [1.165, 1.54) is 10.9 Å². The van der Waals surface area contributed by atoms with E-state index in [0.717, 1.165) is 30.5 Å². The molecule has 180 valence electrons. The second-order valence-electron chi connectivity index (χ2n) is 9.50. The first kappa shape index (κ1) is 23.4. The predicted molar refractivity (Wildman–Crippen MR) is 124 cm³/mol. The molecule has 0 radical (unpaired) electrons. The van der Waals surface area contributed by atoms with Gasteiger partial charge in [-0.1, -0.05) is 13.8 Å². The summed E-state index contributed by atoms with van der Waals surface area (Å²) in [5.41, 5.74) is 2.27. The topological polar surface area (TPSA) is 139 Å². The van der Waals surface area contributed by atoms with Crippen LogP contribution in [0, 0.1) is 0 Å². The van der Waals surface area contributed by atoms with Gasteiger partial charge in [0, 0.05) is 57.3 Å². The van der Waals surface area contributed by atoms with Crippen molar-refractivity contribution in [1.82, 2.24) is 24.6 Å². The Balaban J connectivity index is 1.70. The lowest BCUT2D eigenvalue weighted by Crippen LogP contribution is -2.33. The molecule has 1 fully saturated rings. The minimum Gasteiger partial charge on any atom is -0.364 e. The SMILES string of the molecule is CN1CCN(c2nc(NCc3nn(C)cc3S(N)(=O)=O)c3c(n2)C(C)(C)CCC3)CCC1=O. The van der Waals surface area contributed by atoms with Gasteiger partial charge in [0.05, 0.1) is 12.2 Å². The molecule has 0 aromatic carbocycles. The number of anilines is 2. The Morgan fingerprint density at radius 3 is 2.64 bits per heavy atom. The zero-order valence-corrected chi connectivity index (χ0v) is 20.4. The van der Waals surface area contributed by atoms with Gasteiger partial charge in [0.2, 0.25) is 21.9 Å². The predicted octanol–water partition coefficient (Wildman–Crippen LogP) is 0.752. The quantitative estimate of drug-likeness (QED) is 0.644. The molecule has 11 nitrogen and oxygen atoms in total. The van der Waals surface area contributed by atoms with Gasteiger partial charge < -0.3 is 15.1 Å². The molecular weight excluding hydrogens is 444 g/mol. The van der Waals surface area contributed by atoms with Crippen molar-refractivity contribution in [1.29, 1.82) is 0 Å². The second-order valence-corrected chi connectivity index (χ2v) is 11.0. The summed E-state index contributed by atoms with van der Waals surface area (Å²) in [5, 5.41) is 13.0. The summed E-state index contributed by atoms with van der Waals surface area (Å²) < 4.78 is 25.4. The fraction of sp³-hybridized carbons (Fsp3) is 0.619. The van der Waals surface area contributed by atoms with Crippen molar-refractivity contribution in [2.45, 2.75) is 56.4 Å². The number of aryl methyl sites for hydroxylation is 1. The van der Waals surface area contributed by atoms with Crippen LogP contribution in [0.1, 0.15) is 50.1 Å². The number of likely N-dealkylation sites (N-methyl/N-ethyl adjacent to an activating group) is 1. The normalized spacial score (nSPS) is 18.8. The van der Waals surface area contributed by atoms with Crippen LogP contribution in [0.2, 0.25) is 0 Å². The number of carbonyl (C=O) groups excluding carboxylic acids is 1. The maximum absolute atomic E-state index is 12.1. The number of nitrogens with zero attached hydrogens (tertiary/aromatic N) is 6. The number of nitrogens with two attached hydrogens (primary N) is 1. The molecule has 1 aliphatic carbocycles. The highest BCUT2D eigenvalue weighted by atomic mass is 32.2. The van der Waals surface area contributed by atoms with Crippen LogP contribution < -0.4 is 15.4 Å². The van der Waals surface area contributed by atoms with Crippen LogP contribution in [0.3, 0.4) is 0 Å². The van der Waals surface area contributed by atoms with Crippen LogP contribution >= 0.6 is 0 Å². The first-order chi connectivity index (χ1) is 15.5. The number of hydrogen-bond donors (Lipinski definition) is 2. The number of rotatable bonds is 5. The fourth-order valence-corrected chi connectivity index (χ4v) is 5.29.